The van der Waals surface area contributed by atoms with Gasteiger partial charge in [-0.2, -0.15) is 0 Å². The van der Waals surface area contributed by atoms with Crippen molar-refractivity contribution < 1.29 is 9.59 Å². The van der Waals surface area contributed by atoms with Crippen LogP contribution in [-0.2, 0) is 16.1 Å². The molecule has 2 fully saturated rings. The SMILES string of the molecule is CNC1CCC(C)(C)CN(CC2=CC(C)(C)C=C2)C1=O.CNC1CCC(C)(C)CN(Cc2cnc(C)s2)C1=O. The Morgan fingerprint density at radius 2 is 1.41 bits per heavy atom. The predicted molar refractivity (Wildman–Crippen MR) is 162 cm³/mol. The second-order valence-corrected chi connectivity index (χ2v) is 15.0. The van der Waals surface area contributed by atoms with Gasteiger partial charge in [0, 0.05) is 36.1 Å². The van der Waals surface area contributed by atoms with Crippen molar-refractivity contribution in [2.75, 3.05) is 33.7 Å². The molecular formula is C31H51N5O2S. The van der Waals surface area contributed by atoms with Crippen LogP contribution in [0.15, 0.2) is 30.0 Å². The molecular weight excluding hydrogens is 506 g/mol. The van der Waals surface area contributed by atoms with Gasteiger partial charge in [-0.15, -0.1) is 11.3 Å². The van der Waals surface area contributed by atoms with Crippen LogP contribution in [0.4, 0.5) is 0 Å². The van der Waals surface area contributed by atoms with Crippen molar-refractivity contribution in [2.24, 2.45) is 16.2 Å². The number of nitrogens with one attached hydrogen (secondary N) is 2. The van der Waals surface area contributed by atoms with Gasteiger partial charge in [-0.25, -0.2) is 4.98 Å². The first kappa shape index (κ1) is 31.5. The van der Waals surface area contributed by atoms with E-state index in [-0.39, 0.29) is 40.1 Å². The monoisotopic (exact) mass is 557 g/mol. The standard InChI is InChI=1S/C17H28N2O.C14H23N3OS/c1-16(2)8-6-13(10-16)11-19-12-17(3,4)9-7-14(18-5)15(19)20;1-10-16-7-11(19-10)8-17-9-14(2,3)6-5-12(15-4)13(17)18/h6,8,10,14,18H,7,9,11-12H2,1-5H3;7,12,15H,5-6,8-9H2,1-4H3. The van der Waals surface area contributed by atoms with Gasteiger partial charge in [0.2, 0.25) is 11.8 Å². The highest BCUT2D eigenvalue weighted by molar-refractivity contribution is 7.11. The molecule has 1 aromatic heterocycles. The second kappa shape index (κ2) is 12.6. The Labute approximate surface area is 240 Å². The van der Waals surface area contributed by atoms with Crippen molar-refractivity contribution in [2.45, 2.75) is 92.8 Å². The minimum absolute atomic E-state index is 0.0317. The van der Waals surface area contributed by atoms with Crippen LogP contribution in [0.3, 0.4) is 0 Å². The van der Waals surface area contributed by atoms with Crippen molar-refractivity contribution >= 4 is 23.2 Å². The number of likely N-dealkylation sites (N-methyl/N-ethyl adjacent to an activating group) is 2. The number of thiazole rings is 1. The first-order chi connectivity index (χ1) is 18.1. The third kappa shape index (κ3) is 8.98. The number of rotatable bonds is 6. The topological polar surface area (TPSA) is 77.6 Å². The van der Waals surface area contributed by atoms with Gasteiger partial charge in [-0.3, -0.25) is 9.59 Å². The molecule has 8 heteroatoms. The number of carbonyl (C=O) groups excluding carboxylic acids is 2. The first-order valence-corrected chi connectivity index (χ1v) is 15.2. The Morgan fingerprint density at radius 1 is 0.897 bits per heavy atom. The van der Waals surface area contributed by atoms with E-state index in [1.165, 1.54) is 10.5 Å². The fourth-order valence-electron chi connectivity index (χ4n) is 5.79. The smallest absolute Gasteiger partial charge is 0.240 e. The van der Waals surface area contributed by atoms with Gasteiger partial charge in [0.25, 0.3) is 0 Å². The van der Waals surface area contributed by atoms with E-state index in [0.29, 0.717) is 6.54 Å². The summed E-state index contributed by atoms with van der Waals surface area (Å²) in [4.78, 5) is 34.6. The van der Waals surface area contributed by atoms with Gasteiger partial charge in [-0.1, -0.05) is 59.8 Å². The summed E-state index contributed by atoms with van der Waals surface area (Å²) in [7, 11) is 3.76. The van der Waals surface area contributed by atoms with Crippen LogP contribution >= 0.6 is 11.3 Å². The molecule has 3 aliphatic rings. The highest BCUT2D eigenvalue weighted by Crippen LogP contribution is 2.32. The quantitative estimate of drug-likeness (QED) is 0.519. The minimum atomic E-state index is -0.0456. The van der Waals surface area contributed by atoms with Crippen molar-refractivity contribution in [3.63, 3.8) is 0 Å². The molecule has 2 atom stereocenters. The summed E-state index contributed by atoms with van der Waals surface area (Å²) in [5, 5.41) is 7.38. The zero-order chi connectivity index (χ0) is 29.0. The summed E-state index contributed by atoms with van der Waals surface area (Å²) in [6, 6.07) is -0.0773. The second-order valence-electron chi connectivity index (χ2n) is 13.7. The number of hydrogen-bond acceptors (Lipinski definition) is 6. The van der Waals surface area contributed by atoms with Gasteiger partial charge < -0.3 is 20.4 Å². The Hall–Kier alpha value is -2.03. The summed E-state index contributed by atoms with van der Waals surface area (Å²) in [6.07, 6.45) is 12.5. The number of aryl methyl sites for hydroxylation is 1. The van der Waals surface area contributed by atoms with Crippen molar-refractivity contribution in [3.8, 4) is 0 Å². The molecule has 2 N–H and O–H groups in total. The Balaban J connectivity index is 0.000000216. The van der Waals surface area contributed by atoms with Gasteiger partial charge in [0.1, 0.15) is 0 Å². The molecule has 1 aromatic rings. The van der Waals surface area contributed by atoms with Crippen LogP contribution in [-0.4, -0.2) is 72.4 Å². The van der Waals surface area contributed by atoms with E-state index < -0.39 is 0 Å². The molecule has 2 amide bonds. The molecule has 1 aliphatic carbocycles. The van der Waals surface area contributed by atoms with Crippen LogP contribution < -0.4 is 10.6 Å². The fraction of sp³-hybridized carbons (Fsp3) is 0.710. The Kier molecular flexibility index (Phi) is 10.2. The van der Waals surface area contributed by atoms with Crippen LogP contribution in [0.2, 0.25) is 0 Å². The lowest BCUT2D eigenvalue weighted by molar-refractivity contribution is -0.134. The fourth-order valence-corrected chi connectivity index (χ4v) is 6.60. The largest absolute Gasteiger partial charge is 0.336 e. The Morgan fingerprint density at radius 3 is 1.82 bits per heavy atom. The predicted octanol–water partition coefficient (Wildman–Crippen LogP) is 4.93. The number of aromatic nitrogens is 1. The van der Waals surface area contributed by atoms with E-state index in [2.05, 4.69) is 75.4 Å². The lowest BCUT2D eigenvalue weighted by atomic mass is 9.87. The van der Waals surface area contributed by atoms with E-state index in [1.54, 1.807) is 11.3 Å². The number of amides is 2. The summed E-state index contributed by atoms with van der Waals surface area (Å²) in [5.41, 5.74) is 1.76. The molecule has 0 bridgehead atoms. The summed E-state index contributed by atoms with van der Waals surface area (Å²) < 4.78 is 0. The van der Waals surface area contributed by atoms with E-state index >= 15 is 0 Å². The number of allylic oxidation sites excluding steroid dienone is 2. The molecule has 7 nitrogen and oxygen atoms in total. The highest BCUT2D eigenvalue weighted by atomic mass is 32.1. The molecule has 2 saturated heterocycles. The van der Waals surface area contributed by atoms with Crippen LogP contribution in [0.1, 0.15) is 77.1 Å². The number of likely N-dealkylation sites (tertiary alicyclic amines) is 2. The number of hydrogen-bond donors (Lipinski definition) is 2. The van der Waals surface area contributed by atoms with Crippen molar-refractivity contribution in [1.29, 1.82) is 0 Å². The number of nitrogens with zero attached hydrogens (tertiary/aromatic N) is 3. The van der Waals surface area contributed by atoms with E-state index in [0.717, 1.165) is 50.3 Å². The lowest BCUT2D eigenvalue weighted by Crippen LogP contribution is -2.45. The molecule has 0 radical (unpaired) electrons. The average Bonchev–Trinajstić information content (AvgIpc) is 3.35. The van der Waals surface area contributed by atoms with E-state index in [4.69, 9.17) is 0 Å². The normalized spacial score (nSPS) is 26.0. The lowest BCUT2D eigenvalue weighted by Gasteiger charge is -2.30. The molecule has 0 aromatic carbocycles. The zero-order valence-corrected chi connectivity index (χ0v) is 26.5. The maximum atomic E-state index is 12.6. The van der Waals surface area contributed by atoms with Gasteiger partial charge in [0.05, 0.1) is 23.6 Å². The van der Waals surface area contributed by atoms with Gasteiger partial charge in [-0.05, 0) is 63.1 Å². The minimum Gasteiger partial charge on any atom is -0.336 e. The molecule has 39 heavy (non-hydrogen) atoms. The molecule has 4 rings (SSSR count). The van der Waals surface area contributed by atoms with Gasteiger partial charge in [0.15, 0.2) is 0 Å². The zero-order valence-electron chi connectivity index (χ0n) is 25.7. The maximum absolute atomic E-state index is 12.6. The maximum Gasteiger partial charge on any atom is 0.240 e. The summed E-state index contributed by atoms with van der Waals surface area (Å²) in [6.45, 7) is 18.5. The number of carbonyl (C=O) groups is 2. The van der Waals surface area contributed by atoms with Crippen LogP contribution in [0.25, 0.3) is 0 Å². The molecule has 3 heterocycles. The third-order valence-electron chi connectivity index (χ3n) is 8.05. The van der Waals surface area contributed by atoms with Crippen molar-refractivity contribution in [3.05, 3.63) is 39.9 Å². The third-order valence-corrected chi connectivity index (χ3v) is 8.94. The first-order valence-electron chi connectivity index (χ1n) is 14.4. The van der Waals surface area contributed by atoms with E-state index in [9.17, 15) is 9.59 Å². The highest BCUT2D eigenvalue weighted by Gasteiger charge is 2.35. The summed E-state index contributed by atoms with van der Waals surface area (Å²) >= 11 is 1.67. The molecule has 2 unspecified atom stereocenters. The Bertz CT molecular complexity index is 1070. The van der Waals surface area contributed by atoms with Crippen LogP contribution in [0, 0.1) is 23.2 Å². The van der Waals surface area contributed by atoms with E-state index in [1.807, 2.05) is 37.0 Å². The van der Waals surface area contributed by atoms with Gasteiger partial charge >= 0.3 is 0 Å². The molecule has 2 aliphatic heterocycles. The van der Waals surface area contributed by atoms with Crippen LogP contribution in [0.5, 0.6) is 0 Å². The molecule has 218 valence electrons. The molecule has 0 spiro atoms. The molecule has 0 saturated carbocycles. The van der Waals surface area contributed by atoms with Crippen molar-refractivity contribution in [1.82, 2.24) is 25.4 Å². The summed E-state index contributed by atoms with van der Waals surface area (Å²) in [5.74, 6) is 0.469. The average molecular weight is 558 g/mol.